The monoisotopic (exact) mass is 335 g/mol. The van der Waals surface area contributed by atoms with Crippen LogP contribution in [0.25, 0.3) is 0 Å². The maximum absolute atomic E-state index is 13.6. The number of benzene rings is 1. The van der Waals surface area contributed by atoms with Gasteiger partial charge < -0.3 is 5.11 Å². The summed E-state index contributed by atoms with van der Waals surface area (Å²) in [5.74, 6) is 0.548. The lowest BCUT2D eigenvalue weighted by Crippen LogP contribution is -2.32. The molecule has 1 aliphatic carbocycles. The number of rotatable bonds is 6. The molecule has 3 nitrogen and oxygen atoms in total. The van der Waals surface area contributed by atoms with Gasteiger partial charge in [-0.2, -0.15) is 0 Å². The lowest BCUT2D eigenvalue weighted by molar-refractivity contribution is 0.176. The fourth-order valence-electron chi connectivity index (χ4n) is 3.27. The molecule has 0 amide bonds. The van der Waals surface area contributed by atoms with E-state index >= 15 is 0 Å². The first-order valence-corrected chi connectivity index (χ1v) is 10.2. The minimum Gasteiger partial charge on any atom is -0.392 e. The molecule has 23 heavy (non-hydrogen) atoms. The fourth-order valence-corrected chi connectivity index (χ4v) is 5.51. The van der Waals surface area contributed by atoms with E-state index in [1.807, 2.05) is 43.3 Å². The minimum absolute atomic E-state index is 0.457. The first-order chi connectivity index (χ1) is 11.1. The molecule has 0 unspecified atom stereocenters. The Morgan fingerprint density at radius 2 is 1.91 bits per heavy atom. The fraction of sp³-hybridized carbons (Fsp3) is 0.579. The van der Waals surface area contributed by atoms with Gasteiger partial charge in [0.15, 0.2) is 0 Å². The highest BCUT2D eigenvalue weighted by atomic mass is 32.2. The maximum atomic E-state index is 13.6. The number of aliphatic hydroxyl groups is 1. The minimum atomic E-state index is -2.67. The largest absolute Gasteiger partial charge is 0.392 e. The molecule has 128 valence electrons. The van der Waals surface area contributed by atoms with E-state index in [2.05, 4.69) is 10.4 Å². The highest BCUT2D eigenvalue weighted by Crippen LogP contribution is 2.28. The van der Waals surface area contributed by atoms with Crippen LogP contribution in [-0.2, 0) is 9.73 Å². The topological polar surface area (TPSA) is 49.7 Å². The van der Waals surface area contributed by atoms with Crippen molar-refractivity contribution in [1.29, 1.82) is 0 Å². The lowest BCUT2D eigenvalue weighted by Gasteiger charge is -2.24. The van der Waals surface area contributed by atoms with Gasteiger partial charge in [-0.05, 0) is 37.3 Å². The molecule has 1 aromatic rings. The summed E-state index contributed by atoms with van der Waals surface area (Å²) in [6.45, 7) is 1.92. The van der Waals surface area contributed by atoms with Gasteiger partial charge in [0, 0.05) is 11.9 Å². The molecule has 1 aliphatic rings. The van der Waals surface area contributed by atoms with Crippen LogP contribution in [0.4, 0.5) is 0 Å². The summed E-state index contributed by atoms with van der Waals surface area (Å²) in [5, 5.41) is 10.0. The van der Waals surface area contributed by atoms with Crippen LogP contribution in [0.15, 0.2) is 51.7 Å². The molecule has 0 saturated heterocycles. The molecule has 0 aliphatic heterocycles. The Hall–Kier alpha value is -1.13. The highest BCUT2D eigenvalue weighted by Gasteiger charge is 2.29. The number of allylic oxidation sites excluding steroid dienone is 1. The Morgan fingerprint density at radius 3 is 2.48 bits per heavy atom. The second kappa shape index (κ2) is 8.65. The summed E-state index contributed by atoms with van der Waals surface area (Å²) in [7, 11) is -1.07. The zero-order valence-electron chi connectivity index (χ0n) is 14.2. The quantitative estimate of drug-likeness (QED) is 0.782. The van der Waals surface area contributed by atoms with E-state index < -0.39 is 21.1 Å². The SMILES string of the molecule is CC[C@@H](O)[C@@H](/C=C/C1CCCCC1)[S@](=O)(=NC)c1ccccc1. The van der Waals surface area contributed by atoms with E-state index in [4.69, 9.17) is 0 Å². The van der Waals surface area contributed by atoms with Crippen molar-refractivity contribution in [2.24, 2.45) is 10.3 Å². The lowest BCUT2D eigenvalue weighted by atomic mass is 9.89. The van der Waals surface area contributed by atoms with E-state index in [0.29, 0.717) is 17.2 Å². The number of hydrogen-bond donors (Lipinski definition) is 1. The standard InChI is InChI=1S/C19H29NO2S/c1-3-18(21)19(15-14-16-10-6-4-7-11-16)23(22,20-2)17-12-8-5-9-13-17/h5,8-9,12-16,18-19,21H,3-4,6-7,10-11H2,1-2H3/b15-14+/t18-,19-,23+/m1/s1. The zero-order chi connectivity index (χ0) is 16.7. The predicted octanol–water partition coefficient (Wildman–Crippen LogP) is 4.42. The molecular weight excluding hydrogens is 306 g/mol. The number of aliphatic hydroxyl groups excluding tert-OH is 1. The van der Waals surface area contributed by atoms with Gasteiger partial charge in [-0.25, -0.2) is 8.57 Å². The molecular formula is C19H29NO2S. The third kappa shape index (κ3) is 4.45. The van der Waals surface area contributed by atoms with Crippen molar-refractivity contribution in [1.82, 2.24) is 0 Å². The van der Waals surface area contributed by atoms with Gasteiger partial charge in [0.05, 0.1) is 21.1 Å². The van der Waals surface area contributed by atoms with Crippen LogP contribution in [0, 0.1) is 5.92 Å². The second-order valence-corrected chi connectivity index (χ2v) is 8.81. The van der Waals surface area contributed by atoms with Crippen LogP contribution in [0.1, 0.15) is 45.4 Å². The van der Waals surface area contributed by atoms with Crippen molar-refractivity contribution in [3.05, 3.63) is 42.5 Å². The Balaban J connectivity index is 2.33. The van der Waals surface area contributed by atoms with Crippen LogP contribution in [0.5, 0.6) is 0 Å². The molecule has 0 bridgehead atoms. The van der Waals surface area contributed by atoms with Gasteiger partial charge in [0.1, 0.15) is 0 Å². The van der Waals surface area contributed by atoms with Crippen molar-refractivity contribution in [2.75, 3.05) is 7.05 Å². The van der Waals surface area contributed by atoms with Gasteiger partial charge >= 0.3 is 0 Å². The normalized spacial score (nSPS) is 21.7. The summed E-state index contributed by atoms with van der Waals surface area (Å²) < 4.78 is 17.8. The smallest absolute Gasteiger partial charge is 0.0913 e. The van der Waals surface area contributed by atoms with Gasteiger partial charge in [-0.1, -0.05) is 56.5 Å². The van der Waals surface area contributed by atoms with Crippen LogP contribution in [-0.4, -0.2) is 27.7 Å². The van der Waals surface area contributed by atoms with Crippen molar-refractivity contribution >= 4 is 9.73 Å². The van der Waals surface area contributed by atoms with Crippen molar-refractivity contribution in [2.45, 2.75) is 61.7 Å². The van der Waals surface area contributed by atoms with Crippen molar-refractivity contribution in [3.8, 4) is 0 Å². The summed E-state index contributed by atoms with van der Waals surface area (Å²) >= 11 is 0. The third-order valence-corrected chi connectivity index (χ3v) is 7.44. The van der Waals surface area contributed by atoms with E-state index in [0.717, 1.165) is 0 Å². The maximum Gasteiger partial charge on any atom is 0.0913 e. The van der Waals surface area contributed by atoms with Gasteiger partial charge in [0.2, 0.25) is 0 Å². The summed E-state index contributed by atoms with van der Waals surface area (Å²) in [6.07, 6.45) is 10.3. The first kappa shape index (κ1) is 18.2. The first-order valence-electron chi connectivity index (χ1n) is 8.67. The second-order valence-electron chi connectivity index (χ2n) is 6.29. The van der Waals surface area contributed by atoms with Gasteiger partial charge in [-0.15, -0.1) is 0 Å². The molecule has 1 fully saturated rings. The predicted molar refractivity (Wildman–Crippen MR) is 97.0 cm³/mol. The van der Waals surface area contributed by atoms with Crippen molar-refractivity contribution in [3.63, 3.8) is 0 Å². The van der Waals surface area contributed by atoms with Crippen LogP contribution >= 0.6 is 0 Å². The summed E-state index contributed by atoms with van der Waals surface area (Å²) in [4.78, 5) is 0.702. The molecule has 0 radical (unpaired) electrons. The number of hydrogen-bond acceptors (Lipinski definition) is 3. The molecule has 1 aromatic carbocycles. The van der Waals surface area contributed by atoms with Crippen molar-refractivity contribution < 1.29 is 9.32 Å². The van der Waals surface area contributed by atoms with E-state index in [9.17, 15) is 9.32 Å². The van der Waals surface area contributed by atoms with Crippen LogP contribution < -0.4 is 0 Å². The molecule has 2 rings (SSSR count). The highest BCUT2D eigenvalue weighted by molar-refractivity contribution is 7.94. The van der Waals surface area contributed by atoms with E-state index in [1.165, 1.54) is 32.1 Å². The van der Waals surface area contributed by atoms with E-state index in [1.54, 1.807) is 7.05 Å². The molecule has 1 N–H and O–H groups in total. The molecule has 3 atom stereocenters. The van der Waals surface area contributed by atoms with Gasteiger partial charge in [0.25, 0.3) is 0 Å². The molecule has 0 aromatic heterocycles. The molecule has 0 spiro atoms. The molecule has 1 saturated carbocycles. The summed E-state index contributed by atoms with van der Waals surface area (Å²) in [5.41, 5.74) is 0. The third-order valence-electron chi connectivity index (χ3n) is 4.74. The Bertz CT molecular complexity index is 612. The van der Waals surface area contributed by atoms with Crippen LogP contribution in [0.3, 0.4) is 0 Å². The average Bonchev–Trinajstić information content (AvgIpc) is 2.62. The Labute approximate surface area is 141 Å². The summed E-state index contributed by atoms with van der Waals surface area (Å²) in [6, 6.07) is 9.35. The average molecular weight is 336 g/mol. The molecule has 0 heterocycles. The Morgan fingerprint density at radius 1 is 1.26 bits per heavy atom. The molecule has 4 heteroatoms. The Kier molecular flexibility index (Phi) is 6.85. The van der Waals surface area contributed by atoms with E-state index in [-0.39, 0.29) is 0 Å². The zero-order valence-corrected chi connectivity index (χ0v) is 15.0. The number of nitrogens with zero attached hydrogens (tertiary/aromatic N) is 1. The van der Waals surface area contributed by atoms with Crippen LogP contribution in [0.2, 0.25) is 0 Å². The van der Waals surface area contributed by atoms with Gasteiger partial charge in [-0.3, -0.25) is 0 Å².